The molecule has 0 fully saturated rings. The normalized spacial score (nSPS) is 10.8. The lowest BCUT2D eigenvalue weighted by Gasteiger charge is -2.12. The third-order valence-corrected chi connectivity index (χ3v) is 3.34. The number of rotatable bonds is 5. The third-order valence-electron chi connectivity index (χ3n) is 2.68. The number of imidazole rings is 1. The Morgan fingerprint density at radius 1 is 1.42 bits per heavy atom. The fourth-order valence-electron chi connectivity index (χ4n) is 1.84. The van der Waals surface area contributed by atoms with Crippen LogP contribution in [-0.4, -0.2) is 16.7 Å². The van der Waals surface area contributed by atoms with Crippen LogP contribution in [0.15, 0.2) is 35.1 Å². The van der Waals surface area contributed by atoms with Gasteiger partial charge in [-0.2, -0.15) is 0 Å². The van der Waals surface area contributed by atoms with E-state index in [0.29, 0.717) is 5.92 Å². The van der Waals surface area contributed by atoms with Crippen LogP contribution in [0.3, 0.4) is 0 Å². The van der Waals surface area contributed by atoms with Crippen molar-refractivity contribution in [2.75, 3.05) is 12.4 Å². The smallest absolute Gasteiger partial charge is 0.207 e. The highest BCUT2D eigenvalue weighted by atomic mass is 79.9. The summed E-state index contributed by atoms with van der Waals surface area (Å²) in [6, 6.07) is 5.89. The van der Waals surface area contributed by atoms with E-state index >= 15 is 0 Å². The molecule has 0 aliphatic heterocycles. The van der Waals surface area contributed by atoms with Gasteiger partial charge in [0.15, 0.2) is 0 Å². The molecule has 1 aromatic heterocycles. The topological polar surface area (TPSA) is 39.1 Å². The number of hydrogen-bond acceptors (Lipinski definition) is 3. The summed E-state index contributed by atoms with van der Waals surface area (Å²) < 4.78 is 8.33. The zero-order chi connectivity index (χ0) is 13.8. The van der Waals surface area contributed by atoms with Crippen molar-refractivity contribution in [3.05, 3.63) is 35.1 Å². The highest BCUT2D eigenvalue weighted by molar-refractivity contribution is 9.10. The molecule has 1 heterocycles. The van der Waals surface area contributed by atoms with Crippen LogP contribution in [0.25, 0.3) is 0 Å². The van der Waals surface area contributed by atoms with Gasteiger partial charge in [-0.25, -0.2) is 4.98 Å². The van der Waals surface area contributed by atoms with Gasteiger partial charge in [-0.3, -0.25) is 0 Å². The van der Waals surface area contributed by atoms with Crippen LogP contribution in [0, 0.1) is 5.92 Å². The largest absolute Gasteiger partial charge is 0.495 e. The first-order chi connectivity index (χ1) is 9.10. The summed E-state index contributed by atoms with van der Waals surface area (Å²) in [5.41, 5.74) is 0.955. The SMILES string of the molecule is COc1cc(Nc2nccn2CC(C)C)ccc1Br. The summed E-state index contributed by atoms with van der Waals surface area (Å²) in [6.07, 6.45) is 3.79. The lowest BCUT2D eigenvalue weighted by Crippen LogP contribution is -2.07. The van der Waals surface area contributed by atoms with Crippen LogP contribution >= 0.6 is 15.9 Å². The minimum Gasteiger partial charge on any atom is -0.495 e. The second-order valence-electron chi connectivity index (χ2n) is 4.77. The van der Waals surface area contributed by atoms with E-state index in [2.05, 4.69) is 44.6 Å². The Bertz CT molecular complexity index is 551. The van der Waals surface area contributed by atoms with Gasteiger partial charge >= 0.3 is 0 Å². The molecule has 19 heavy (non-hydrogen) atoms. The third kappa shape index (κ3) is 3.50. The molecule has 0 radical (unpaired) electrons. The van der Waals surface area contributed by atoms with Crippen LogP contribution in [-0.2, 0) is 6.54 Å². The monoisotopic (exact) mass is 323 g/mol. The van der Waals surface area contributed by atoms with Gasteiger partial charge in [0.25, 0.3) is 0 Å². The molecule has 0 atom stereocenters. The minimum absolute atomic E-state index is 0.578. The van der Waals surface area contributed by atoms with Crippen molar-refractivity contribution in [1.82, 2.24) is 9.55 Å². The van der Waals surface area contributed by atoms with E-state index in [1.54, 1.807) is 13.3 Å². The van der Waals surface area contributed by atoms with Gasteiger partial charge in [0.1, 0.15) is 5.75 Å². The number of nitrogens with zero attached hydrogens (tertiary/aromatic N) is 2. The van der Waals surface area contributed by atoms with Gasteiger partial charge in [-0.05, 0) is 34.0 Å². The first-order valence-electron chi connectivity index (χ1n) is 6.22. The molecule has 0 unspecified atom stereocenters. The Labute approximate surface area is 121 Å². The molecule has 1 N–H and O–H groups in total. The summed E-state index contributed by atoms with van der Waals surface area (Å²) >= 11 is 3.44. The molecule has 2 rings (SSSR count). The quantitative estimate of drug-likeness (QED) is 0.902. The van der Waals surface area contributed by atoms with Crippen molar-refractivity contribution in [3.63, 3.8) is 0 Å². The number of methoxy groups -OCH3 is 1. The molecule has 1 aromatic carbocycles. The molecule has 102 valence electrons. The second-order valence-corrected chi connectivity index (χ2v) is 5.63. The number of aromatic nitrogens is 2. The lowest BCUT2D eigenvalue weighted by atomic mass is 10.2. The van der Waals surface area contributed by atoms with E-state index in [9.17, 15) is 0 Å². The Balaban J connectivity index is 2.19. The number of hydrogen-bond donors (Lipinski definition) is 1. The molecule has 0 spiro atoms. The van der Waals surface area contributed by atoms with Crippen molar-refractivity contribution in [3.8, 4) is 5.75 Å². The predicted octanol–water partition coefficient (Wildman–Crippen LogP) is 4.05. The average molecular weight is 324 g/mol. The van der Waals surface area contributed by atoms with Gasteiger partial charge in [-0.1, -0.05) is 13.8 Å². The van der Waals surface area contributed by atoms with E-state index < -0.39 is 0 Å². The lowest BCUT2D eigenvalue weighted by molar-refractivity contribution is 0.412. The van der Waals surface area contributed by atoms with Gasteiger partial charge in [-0.15, -0.1) is 0 Å². The van der Waals surface area contributed by atoms with Crippen LogP contribution < -0.4 is 10.1 Å². The molecule has 0 bridgehead atoms. The standard InChI is InChI=1S/C14H18BrN3O/c1-10(2)9-18-7-6-16-14(18)17-11-4-5-12(15)13(8-11)19-3/h4-8,10H,9H2,1-3H3,(H,16,17). The first kappa shape index (κ1) is 13.9. The van der Waals surface area contributed by atoms with E-state index in [1.807, 2.05) is 24.4 Å². The number of halogens is 1. The van der Waals surface area contributed by atoms with E-state index in [4.69, 9.17) is 4.74 Å². The highest BCUT2D eigenvalue weighted by Crippen LogP contribution is 2.29. The predicted molar refractivity (Wildman–Crippen MR) is 81.0 cm³/mol. The van der Waals surface area contributed by atoms with Crippen molar-refractivity contribution >= 4 is 27.6 Å². The Morgan fingerprint density at radius 3 is 2.89 bits per heavy atom. The highest BCUT2D eigenvalue weighted by Gasteiger charge is 2.07. The van der Waals surface area contributed by atoms with Crippen LogP contribution in [0.1, 0.15) is 13.8 Å². The zero-order valence-corrected chi connectivity index (χ0v) is 12.9. The van der Waals surface area contributed by atoms with Gasteiger partial charge in [0.05, 0.1) is 11.6 Å². The Hall–Kier alpha value is -1.49. The number of nitrogens with one attached hydrogen (secondary N) is 1. The van der Waals surface area contributed by atoms with E-state index in [-0.39, 0.29) is 0 Å². The molecule has 0 saturated heterocycles. The van der Waals surface area contributed by atoms with Gasteiger partial charge in [0, 0.05) is 30.7 Å². The second kappa shape index (κ2) is 6.10. The molecule has 0 saturated carbocycles. The summed E-state index contributed by atoms with van der Waals surface area (Å²) in [4.78, 5) is 4.34. The maximum Gasteiger partial charge on any atom is 0.207 e. The van der Waals surface area contributed by atoms with Crippen LogP contribution in [0.2, 0.25) is 0 Å². The average Bonchev–Trinajstić information content (AvgIpc) is 2.78. The Morgan fingerprint density at radius 2 is 2.21 bits per heavy atom. The van der Waals surface area contributed by atoms with Gasteiger partial charge < -0.3 is 14.6 Å². The molecule has 0 amide bonds. The molecule has 0 aliphatic rings. The maximum atomic E-state index is 5.29. The van der Waals surface area contributed by atoms with Crippen molar-refractivity contribution in [2.45, 2.75) is 20.4 Å². The molecule has 2 aromatic rings. The Kier molecular flexibility index (Phi) is 4.47. The van der Waals surface area contributed by atoms with Crippen LogP contribution in [0.4, 0.5) is 11.6 Å². The molecule has 4 nitrogen and oxygen atoms in total. The van der Waals surface area contributed by atoms with Crippen LogP contribution in [0.5, 0.6) is 5.75 Å². The summed E-state index contributed by atoms with van der Waals surface area (Å²) in [6.45, 7) is 5.31. The van der Waals surface area contributed by atoms with Crippen molar-refractivity contribution in [1.29, 1.82) is 0 Å². The molecular formula is C14H18BrN3O. The van der Waals surface area contributed by atoms with Gasteiger partial charge in [0.2, 0.25) is 5.95 Å². The number of anilines is 2. The fourth-order valence-corrected chi connectivity index (χ4v) is 2.25. The number of benzene rings is 1. The van der Waals surface area contributed by atoms with E-state index in [1.165, 1.54) is 0 Å². The van der Waals surface area contributed by atoms with Crippen molar-refractivity contribution < 1.29 is 4.74 Å². The minimum atomic E-state index is 0.578. The van der Waals surface area contributed by atoms with E-state index in [0.717, 1.165) is 28.4 Å². The zero-order valence-electron chi connectivity index (χ0n) is 11.4. The molecule has 0 aliphatic carbocycles. The maximum absolute atomic E-state index is 5.29. The first-order valence-corrected chi connectivity index (χ1v) is 7.01. The summed E-state index contributed by atoms with van der Waals surface area (Å²) in [5.74, 6) is 2.22. The fraction of sp³-hybridized carbons (Fsp3) is 0.357. The molecule has 5 heteroatoms. The summed E-state index contributed by atoms with van der Waals surface area (Å²) in [7, 11) is 1.66. The van der Waals surface area contributed by atoms with Crippen molar-refractivity contribution in [2.24, 2.45) is 5.92 Å². The molecular weight excluding hydrogens is 306 g/mol. The summed E-state index contributed by atoms with van der Waals surface area (Å²) in [5, 5.41) is 3.31. The number of ether oxygens (including phenoxy) is 1.